The second kappa shape index (κ2) is 4.34. The smallest absolute Gasteiger partial charge is 0.374 e. The highest BCUT2D eigenvalue weighted by molar-refractivity contribution is 7.13. The molecule has 0 saturated carbocycles. The zero-order valence-corrected chi connectivity index (χ0v) is 9.45. The summed E-state index contributed by atoms with van der Waals surface area (Å²) in [7, 11) is 0. The van der Waals surface area contributed by atoms with E-state index in [1.165, 1.54) is 11.3 Å². The first-order valence-electron chi connectivity index (χ1n) is 4.50. The first kappa shape index (κ1) is 11.3. The monoisotopic (exact) mass is 253 g/mol. The summed E-state index contributed by atoms with van der Waals surface area (Å²) in [5.74, 6) is -2.22. The van der Waals surface area contributed by atoms with E-state index in [9.17, 15) is 9.59 Å². The molecule has 0 aromatic carbocycles. The maximum atomic E-state index is 11.6. The molecule has 0 aliphatic rings. The number of carbonyl (C=O) groups excluding carboxylic acids is 1. The van der Waals surface area contributed by atoms with Gasteiger partial charge in [-0.05, 0) is 6.92 Å². The van der Waals surface area contributed by atoms with Gasteiger partial charge < -0.3 is 9.63 Å². The lowest BCUT2D eigenvalue weighted by molar-refractivity contribution is 0.0651. The van der Waals surface area contributed by atoms with Gasteiger partial charge in [0.15, 0.2) is 10.8 Å². The van der Waals surface area contributed by atoms with E-state index in [0.717, 1.165) is 11.8 Å². The molecule has 2 aromatic heterocycles. The van der Waals surface area contributed by atoms with E-state index in [0.29, 0.717) is 5.13 Å². The Morgan fingerprint density at radius 1 is 1.53 bits per heavy atom. The molecule has 2 aromatic rings. The minimum atomic E-state index is -1.28. The number of rotatable bonds is 3. The summed E-state index contributed by atoms with van der Waals surface area (Å²) in [6.07, 6.45) is 0. The van der Waals surface area contributed by atoms with E-state index in [-0.39, 0.29) is 11.5 Å². The Bertz CT molecular complexity index is 574. The SMILES string of the molecule is Cc1csc(NC(=O)c2cc(C(=O)O)on2)n1. The predicted octanol–water partition coefficient (Wildman–Crippen LogP) is 1.39. The van der Waals surface area contributed by atoms with E-state index in [1.807, 2.05) is 0 Å². The molecule has 88 valence electrons. The molecule has 8 heteroatoms. The summed E-state index contributed by atoms with van der Waals surface area (Å²) >= 11 is 1.27. The van der Waals surface area contributed by atoms with Gasteiger partial charge in [-0.2, -0.15) is 0 Å². The highest BCUT2D eigenvalue weighted by Gasteiger charge is 2.17. The summed E-state index contributed by atoms with van der Waals surface area (Å²) in [5, 5.41) is 16.6. The van der Waals surface area contributed by atoms with Gasteiger partial charge in [-0.15, -0.1) is 11.3 Å². The average Bonchev–Trinajstić information content (AvgIpc) is 2.86. The number of carboxylic acid groups (broad SMARTS) is 1. The molecule has 0 unspecified atom stereocenters. The quantitative estimate of drug-likeness (QED) is 0.856. The number of amides is 1. The Morgan fingerprint density at radius 2 is 2.29 bits per heavy atom. The summed E-state index contributed by atoms with van der Waals surface area (Å²) in [6, 6.07) is 1.05. The first-order chi connectivity index (χ1) is 8.06. The van der Waals surface area contributed by atoms with Gasteiger partial charge in [-0.25, -0.2) is 9.78 Å². The molecule has 0 saturated heterocycles. The van der Waals surface area contributed by atoms with Crippen molar-refractivity contribution in [2.75, 3.05) is 5.32 Å². The molecule has 0 spiro atoms. The highest BCUT2D eigenvalue weighted by atomic mass is 32.1. The van der Waals surface area contributed by atoms with Crippen molar-refractivity contribution in [1.29, 1.82) is 0 Å². The van der Waals surface area contributed by atoms with Crippen molar-refractivity contribution in [3.05, 3.63) is 28.6 Å². The fourth-order valence-electron chi connectivity index (χ4n) is 1.06. The highest BCUT2D eigenvalue weighted by Crippen LogP contribution is 2.15. The molecule has 17 heavy (non-hydrogen) atoms. The molecule has 0 aliphatic carbocycles. The number of aromatic carboxylic acids is 1. The van der Waals surface area contributed by atoms with E-state index in [4.69, 9.17) is 5.11 Å². The molecule has 2 heterocycles. The van der Waals surface area contributed by atoms with E-state index in [1.54, 1.807) is 12.3 Å². The van der Waals surface area contributed by atoms with Crippen molar-refractivity contribution < 1.29 is 19.2 Å². The second-order valence-electron chi connectivity index (χ2n) is 3.13. The molecular weight excluding hydrogens is 246 g/mol. The topological polar surface area (TPSA) is 105 Å². The zero-order chi connectivity index (χ0) is 12.4. The largest absolute Gasteiger partial charge is 0.475 e. The number of anilines is 1. The summed E-state index contributed by atoms with van der Waals surface area (Å²) in [6.45, 7) is 1.80. The number of nitrogens with one attached hydrogen (secondary N) is 1. The number of hydrogen-bond acceptors (Lipinski definition) is 6. The van der Waals surface area contributed by atoms with Crippen LogP contribution in [0.2, 0.25) is 0 Å². The van der Waals surface area contributed by atoms with Crippen molar-refractivity contribution in [2.24, 2.45) is 0 Å². The van der Waals surface area contributed by atoms with Crippen LogP contribution in [0.4, 0.5) is 5.13 Å². The normalized spacial score (nSPS) is 10.2. The van der Waals surface area contributed by atoms with Gasteiger partial charge in [0.2, 0.25) is 5.76 Å². The number of carbonyl (C=O) groups is 2. The van der Waals surface area contributed by atoms with Crippen molar-refractivity contribution in [2.45, 2.75) is 6.92 Å². The number of aromatic nitrogens is 2. The molecule has 0 aliphatic heterocycles. The van der Waals surface area contributed by atoms with Gasteiger partial charge in [-0.3, -0.25) is 10.1 Å². The number of thiazole rings is 1. The van der Waals surface area contributed by atoms with Crippen molar-refractivity contribution >= 4 is 28.3 Å². The first-order valence-corrected chi connectivity index (χ1v) is 5.37. The second-order valence-corrected chi connectivity index (χ2v) is 3.99. The van der Waals surface area contributed by atoms with Crippen LogP contribution in [0.5, 0.6) is 0 Å². The molecule has 0 bridgehead atoms. The van der Waals surface area contributed by atoms with E-state index in [2.05, 4.69) is 20.0 Å². The minimum Gasteiger partial charge on any atom is -0.475 e. The molecule has 0 atom stereocenters. The minimum absolute atomic E-state index is 0.102. The summed E-state index contributed by atoms with van der Waals surface area (Å²) in [5.41, 5.74) is 0.687. The lowest BCUT2D eigenvalue weighted by atomic mass is 10.3. The number of hydrogen-bond donors (Lipinski definition) is 2. The van der Waals surface area contributed by atoms with Crippen LogP contribution in [0.25, 0.3) is 0 Å². The third-order valence-electron chi connectivity index (χ3n) is 1.79. The Morgan fingerprint density at radius 3 is 2.82 bits per heavy atom. The predicted molar refractivity (Wildman–Crippen MR) is 58.3 cm³/mol. The van der Waals surface area contributed by atoms with Crippen molar-refractivity contribution in [3.63, 3.8) is 0 Å². The van der Waals surface area contributed by atoms with Gasteiger partial charge in [0.1, 0.15) is 0 Å². The van der Waals surface area contributed by atoms with Crippen LogP contribution >= 0.6 is 11.3 Å². The molecule has 0 radical (unpaired) electrons. The van der Waals surface area contributed by atoms with Gasteiger partial charge in [0.05, 0.1) is 5.69 Å². The molecular formula is C9H7N3O4S. The van der Waals surface area contributed by atoms with Crippen LogP contribution < -0.4 is 5.32 Å². The maximum Gasteiger partial charge on any atom is 0.374 e. The fraction of sp³-hybridized carbons (Fsp3) is 0.111. The van der Waals surface area contributed by atoms with Gasteiger partial charge in [0.25, 0.3) is 5.91 Å². The van der Waals surface area contributed by atoms with Crippen LogP contribution in [0.3, 0.4) is 0 Å². The van der Waals surface area contributed by atoms with Crippen LogP contribution in [0.1, 0.15) is 26.7 Å². The van der Waals surface area contributed by atoms with Crippen LogP contribution in [-0.4, -0.2) is 27.1 Å². The number of aryl methyl sites for hydroxylation is 1. The average molecular weight is 253 g/mol. The van der Waals surface area contributed by atoms with Crippen LogP contribution in [0.15, 0.2) is 16.0 Å². The Balaban J connectivity index is 2.11. The van der Waals surface area contributed by atoms with Gasteiger partial charge >= 0.3 is 5.97 Å². The Kier molecular flexibility index (Phi) is 2.88. The number of nitrogens with zero attached hydrogens (tertiary/aromatic N) is 2. The lowest BCUT2D eigenvalue weighted by Gasteiger charge is -1.95. The van der Waals surface area contributed by atoms with E-state index >= 15 is 0 Å². The van der Waals surface area contributed by atoms with Gasteiger partial charge in [-0.1, -0.05) is 5.16 Å². The maximum absolute atomic E-state index is 11.6. The summed E-state index contributed by atoms with van der Waals surface area (Å²) < 4.78 is 4.46. The Hall–Kier alpha value is -2.22. The van der Waals surface area contributed by atoms with Gasteiger partial charge in [0, 0.05) is 11.4 Å². The standard InChI is InChI=1S/C9H7N3O4S/c1-4-3-17-9(10-4)11-7(13)5-2-6(8(14)15)16-12-5/h2-3H,1H3,(H,14,15)(H,10,11,13). The van der Waals surface area contributed by atoms with Crippen LogP contribution in [-0.2, 0) is 0 Å². The third kappa shape index (κ3) is 2.48. The molecule has 1 amide bonds. The molecule has 0 fully saturated rings. The van der Waals surface area contributed by atoms with Crippen molar-refractivity contribution in [1.82, 2.24) is 10.1 Å². The van der Waals surface area contributed by atoms with E-state index < -0.39 is 11.9 Å². The molecule has 2 rings (SSSR count). The van der Waals surface area contributed by atoms with Crippen molar-refractivity contribution in [3.8, 4) is 0 Å². The zero-order valence-electron chi connectivity index (χ0n) is 8.63. The summed E-state index contributed by atoms with van der Waals surface area (Å²) in [4.78, 5) is 26.2. The third-order valence-corrected chi connectivity index (χ3v) is 2.67. The molecule has 7 nitrogen and oxygen atoms in total. The Labute approximate surface area is 99.1 Å². The fourth-order valence-corrected chi connectivity index (χ4v) is 1.74. The lowest BCUT2D eigenvalue weighted by Crippen LogP contribution is -2.12. The number of carboxylic acids is 1. The molecule has 2 N–H and O–H groups in total. The van der Waals surface area contributed by atoms with Crippen LogP contribution in [0, 0.1) is 6.92 Å².